The topological polar surface area (TPSA) is 94.8 Å². The number of carbonyl (C=O) groups is 1. The van der Waals surface area contributed by atoms with Crippen LogP contribution in [0, 0.1) is 0 Å². The van der Waals surface area contributed by atoms with Crippen molar-refractivity contribution in [1.82, 2.24) is 30.3 Å². The Hall–Kier alpha value is -3.72. The normalized spacial score (nSPS) is 10.7. The molecule has 0 saturated heterocycles. The molecule has 1 N–H and O–H groups in total. The van der Waals surface area contributed by atoms with E-state index in [1.165, 1.54) is 11.8 Å². The summed E-state index contributed by atoms with van der Waals surface area (Å²) in [6.45, 7) is 0.471. The highest BCUT2D eigenvalue weighted by molar-refractivity contribution is 7.98. The molecule has 2 heterocycles. The van der Waals surface area contributed by atoms with Gasteiger partial charge in [-0.25, -0.2) is 14.6 Å². The Kier molecular flexibility index (Phi) is 7.08. The maximum atomic E-state index is 12.9. The largest absolute Gasteiger partial charge is 0.497 e. The summed E-state index contributed by atoms with van der Waals surface area (Å²) in [7, 11) is 1.64. The Labute approximate surface area is 190 Å². The maximum absolute atomic E-state index is 12.9. The lowest BCUT2D eigenvalue weighted by atomic mass is 10.1. The lowest BCUT2D eigenvalue weighted by molar-refractivity contribution is 0.0948. The number of hydrogen-bond acceptors (Lipinski definition) is 7. The van der Waals surface area contributed by atoms with E-state index in [0.717, 1.165) is 17.0 Å². The van der Waals surface area contributed by atoms with Crippen LogP contribution in [-0.4, -0.2) is 44.5 Å². The third-order valence-electron chi connectivity index (χ3n) is 4.69. The average molecular weight is 447 g/mol. The number of para-hydroxylation sites is 1. The number of thioether (sulfide) groups is 1. The lowest BCUT2D eigenvalue weighted by Gasteiger charge is -2.09. The molecular formula is C23H22N6O2S. The van der Waals surface area contributed by atoms with Crippen molar-refractivity contribution in [2.75, 3.05) is 13.7 Å². The quantitative estimate of drug-likeness (QED) is 0.311. The number of benzene rings is 2. The smallest absolute Gasteiger partial charge is 0.273 e. The molecule has 2 aromatic carbocycles. The van der Waals surface area contributed by atoms with Gasteiger partial charge in [-0.2, -0.15) is 0 Å². The Morgan fingerprint density at radius 2 is 1.88 bits per heavy atom. The number of nitrogens with one attached hydrogen (secondary N) is 1. The highest BCUT2D eigenvalue weighted by Crippen LogP contribution is 2.22. The second-order valence-corrected chi connectivity index (χ2v) is 7.75. The van der Waals surface area contributed by atoms with Crippen molar-refractivity contribution in [2.45, 2.75) is 17.3 Å². The molecule has 2 aromatic heterocycles. The van der Waals surface area contributed by atoms with Gasteiger partial charge in [0, 0.05) is 24.7 Å². The number of methoxy groups -OCH3 is 1. The summed E-state index contributed by atoms with van der Waals surface area (Å²) in [5.41, 5.74) is 2.89. The summed E-state index contributed by atoms with van der Waals surface area (Å²) >= 11 is 1.43. The Morgan fingerprint density at radius 3 is 2.66 bits per heavy atom. The number of ether oxygens (including phenoxy) is 1. The van der Waals surface area contributed by atoms with Crippen LogP contribution in [0.5, 0.6) is 5.75 Å². The van der Waals surface area contributed by atoms with Gasteiger partial charge in [0.1, 0.15) is 5.75 Å². The summed E-state index contributed by atoms with van der Waals surface area (Å²) in [6, 6.07) is 19.2. The number of aromatic nitrogens is 5. The van der Waals surface area contributed by atoms with Crippen LogP contribution in [0.2, 0.25) is 0 Å². The van der Waals surface area contributed by atoms with E-state index in [4.69, 9.17) is 4.74 Å². The van der Waals surface area contributed by atoms with Gasteiger partial charge in [-0.05, 0) is 42.3 Å². The minimum absolute atomic E-state index is 0.264. The van der Waals surface area contributed by atoms with Gasteiger partial charge in [-0.3, -0.25) is 4.79 Å². The predicted molar refractivity (Wildman–Crippen MR) is 122 cm³/mol. The van der Waals surface area contributed by atoms with Gasteiger partial charge < -0.3 is 10.1 Å². The molecule has 0 aliphatic carbocycles. The number of nitrogens with zero attached hydrogens (tertiary/aromatic N) is 5. The van der Waals surface area contributed by atoms with Crippen LogP contribution in [0.4, 0.5) is 0 Å². The van der Waals surface area contributed by atoms with Crippen molar-refractivity contribution in [3.63, 3.8) is 0 Å². The first-order chi connectivity index (χ1) is 15.7. The average Bonchev–Trinajstić information content (AvgIpc) is 3.28. The summed E-state index contributed by atoms with van der Waals surface area (Å²) in [6.07, 6.45) is 4.06. The van der Waals surface area contributed by atoms with Gasteiger partial charge in [-0.15, -0.1) is 5.10 Å². The zero-order chi connectivity index (χ0) is 22.2. The molecule has 8 nitrogen and oxygen atoms in total. The molecule has 162 valence electrons. The number of rotatable bonds is 9. The minimum Gasteiger partial charge on any atom is -0.497 e. The first-order valence-corrected chi connectivity index (χ1v) is 11.0. The zero-order valence-corrected chi connectivity index (χ0v) is 18.3. The number of amides is 1. The number of hydrogen-bond donors (Lipinski definition) is 1. The third-order valence-corrected chi connectivity index (χ3v) is 5.58. The van der Waals surface area contributed by atoms with Crippen LogP contribution in [0.1, 0.15) is 21.7 Å². The fourth-order valence-electron chi connectivity index (χ4n) is 3.11. The first kappa shape index (κ1) is 21.5. The van der Waals surface area contributed by atoms with Gasteiger partial charge in [0.25, 0.3) is 5.91 Å². The Balaban J connectivity index is 1.50. The number of carbonyl (C=O) groups excluding carboxylic acids is 1. The van der Waals surface area contributed by atoms with Crippen molar-refractivity contribution < 1.29 is 9.53 Å². The van der Waals surface area contributed by atoms with Crippen LogP contribution in [-0.2, 0) is 12.2 Å². The van der Waals surface area contributed by atoms with Crippen molar-refractivity contribution in [2.24, 2.45) is 0 Å². The highest BCUT2D eigenvalue weighted by atomic mass is 32.2. The fraction of sp³-hybridized carbons (Fsp3) is 0.174. The molecule has 9 heteroatoms. The minimum atomic E-state index is -0.264. The fourth-order valence-corrected chi connectivity index (χ4v) is 3.90. The van der Waals surface area contributed by atoms with Crippen molar-refractivity contribution >= 4 is 17.7 Å². The molecule has 0 spiro atoms. The van der Waals surface area contributed by atoms with Crippen LogP contribution in [0.15, 0.2) is 78.2 Å². The summed E-state index contributed by atoms with van der Waals surface area (Å²) < 4.78 is 6.94. The molecule has 0 saturated carbocycles. The molecular weight excluding hydrogens is 424 g/mol. The van der Waals surface area contributed by atoms with Gasteiger partial charge in [0.05, 0.1) is 18.5 Å². The van der Waals surface area contributed by atoms with E-state index in [0.29, 0.717) is 35.3 Å². The van der Waals surface area contributed by atoms with Crippen LogP contribution in [0.25, 0.3) is 5.69 Å². The highest BCUT2D eigenvalue weighted by Gasteiger charge is 2.21. The second kappa shape index (κ2) is 10.5. The van der Waals surface area contributed by atoms with Crippen molar-refractivity contribution in [3.8, 4) is 11.4 Å². The molecule has 0 aliphatic rings. The standard InChI is InChI=1S/C23H22N6O2S/c1-31-19-10-5-7-17(15-19)11-14-24-22(30)21-20(16-32-23-25-12-6-13-26-23)29(28-27-21)18-8-3-2-4-9-18/h2-10,12-13,15H,11,14,16H2,1H3,(H,24,30). The molecule has 0 unspecified atom stereocenters. The monoisotopic (exact) mass is 446 g/mol. The zero-order valence-electron chi connectivity index (χ0n) is 17.5. The van der Waals surface area contributed by atoms with E-state index in [9.17, 15) is 4.79 Å². The molecule has 1 amide bonds. The van der Waals surface area contributed by atoms with Gasteiger partial charge in [-0.1, -0.05) is 47.3 Å². The summed E-state index contributed by atoms with van der Waals surface area (Å²) in [5.74, 6) is 0.978. The van der Waals surface area contributed by atoms with Crippen LogP contribution < -0.4 is 10.1 Å². The lowest BCUT2D eigenvalue weighted by Crippen LogP contribution is -2.27. The maximum Gasteiger partial charge on any atom is 0.273 e. The molecule has 0 aliphatic heterocycles. The second-order valence-electron chi connectivity index (χ2n) is 6.81. The molecule has 0 radical (unpaired) electrons. The molecule has 0 fully saturated rings. The van der Waals surface area contributed by atoms with E-state index in [2.05, 4.69) is 25.6 Å². The van der Waals surface area contributed by atoms with E-state index >= 15 is 0 Å². The van der Waals surface area contributed by atoms with E-state index in [1.54, 1.807) is 30.3 Å². The summed E-state index contributed by atoms with van der Waals surface area (Å²) in [4.78, 5) is 21.4. The SMILES string of the molecule is COc1cccc(CCNC(=O)c2nnn(-c3ccccc3)c2CSc2ncccn2)c1. The first-order valence-electron chi connectivity index (χ1n) is 10.1. The van der Waals surface area contributed by atoms with Crippen LogP contribution >= 0.6 is 11.8 Å². The van der Waals surface area contributed by atoms with Crippen LogP contribution in [0.3, 0.4) is 0 Å². The van der Waals surface area contributed by atoms with E-state index < -0.39 is 0 Å². The molecule has 4 aromatic rings. The summed E-state index contributed by atoms with van der Waals surface area (Å²) in [5, 5.41) is 12.0. The third kappa shape index (κ3) is 5.30. The van der Waals surface area contributed by atoms with E-state index in [-0.39, 0.29) is 5.91 Å². The van der Waals surface area contributed by atoms with Crippen molar-refractivity contribution in [3.05, 3.63) is 90.0 Å². The molecule has 32 heavy (non-hydrogen) atoms. The van der Waals surface area contributed by atoms with Gasteiger partial charge >= 0.3 is 0 Å². The van der Waals surface area contributed by atoms with E-state index in [1.807, 2.05) is 54.6 Å². The Morgan fingerprint density at radius 1 is 1.06 bits per heavy atom. The van der Waals surface area contributed by atoms with Gasteiger partial charge in [0.2, 0.25) is 0 Å². The van der Waals surface area contributed by atoms with Gasteiger partial charge in [0.15, 0.2) is 10.9 Å². The van der Waals surface area contributed by atoms with Crippen molar-refractivity contribution in [1.29, 1.82) is 0 Å². The molecule has 0 atom stereocenters. The molecule has 0 bridgehead atoms. The molecule has 4 rings (SSSR count). The predicted octanol–water partition coefficient (Wildman–Crippen LogP) is 3.33. The Bertz CT molecular complexity index is 1170.